The van der Waals surface area contributed by atoms with Gasteiger partial charge in [0.25, 0.3) is 5.69 Å². The maximum atomic E-state index is 12.8. The molecule has 0 heterocycles. The lowest BCUT2D eigenvalue weighted by Gasteiger charge is -2.10. The molecule has 0 fully saturated rings. The lowest BCUT2D eigenvalue weighted by molar-refractivity contribution is -0.384. The van der Waals surface area contributed by atoms with Crippen LogP contribution in [0.2, 0.25) is 0 Å². The van der Waals surface area contributed by atoms with Crippen molar-refractivity contribution in [3.8, 4) is 0 Å². The van der Waals surface area contributed by atoms with E-state index < -0.39 is 16.8 Å². The summed E-state index contributed by atoms with van der Waals surface area (Å²) in [6, 6.07) is 4.60. The van der Waals surface area contributed by atoms with Gasteiger partial charge in [-0.15, -0.1) is 0 Å². The molecule has 20 heavy (non-hydrogen) atoms. The Balaban J connectivity index is 2.67. The van der Waals surface area contributed by atoms with Crippen molar-refractivity contribution in [3.63, 3.8) is 0 Å². The Labute approximate surface area is 113 Å². The average Bonchev–Trinajstić information content (AvgIpc) is 2.42. The van der Waals surface area contributed by atoms with Gasteiger partial charge in [0.15, 0.2) is 12.6 Å². The molecule has 8 heteroatoms. The van der Waals surface area contributed by atoms with Crippen molar-refractivity contribution in [1.29, 1.82) is 0 Å². The first-order chi connectivity index (χ1) is 9.56. The molecule has 0 aliphatic rings. The molecule has 0 N–H and O–H groups in total. The first-order valence-corrected chi connectivity index (χ1v) is 5.56. The number of nitro groups is 1. The molecule has 0 aliphatic heterocycles. The van der Waals surface area contributed by atoms with Gasteiger partial charge in [0, 0.05) is 24.8 Å². The predicted octanol–water partition coefficient (Wildman–Crippen LogP) is 2.80. The highest BCUT2D eigenvalue weighted by atomic mass is 19.3. The van der Waals surface area contributed by atoms with Crippen LogP contribution in [0.3, 0.4) is 0 Å². The molecule has 110 valence electrons. The molecule has 0 aromatic heterocycles. The fraction of sp³-hybridized carbons (Fsp3) is 0.333. The summed E-state index contributed by atoms with van der Waals surface area (Å²) in [5.74, 6) is -0.669. The van der Waals surface area contributed by atoms with Crippen LogP contribution in [-0.2, 0) is 14.2 Å². The quantitative estimate of drug-likeness (QED) is 0.242. The summed E-state index contributed by atoms with van der Waals surface area (Å²) in [6.45, 7) is 0.156. The fourth-order valence-corrected chi connectivity index (χ4v) is 1.28. The van der Waals surface area contributed by atoms with Crippen molar-refractivity contribution in [2.24, 2.45) is 0 Å². The van der Waals surface area contributed by atoms with Gasteiger partial charge in [-0.2, -0.15) is 8.78 Å². The third-order valence-electron chi connectivity index (χ3n) is 2.23. The first-order valence-electron chi connectivity index (χ1n) is 5.56. The summed E-state index contributed by atoms with van der Waals surface area (Å²) in [7, 11) is 1.48. The number of halogens is 2. The normalized spacial score (nSPS) is 10.2. The molecule has 0 unspecified atom stereocenters. The Bertz CT molecular complexity index is 471. The van der Waals surface area contributed by atoms with Gasteiger partial charge in [0.2, 0.25) is 0 Å². The second kappa shape index (κ2) is 8.18. The van der Waals surface area contributed by atoms with Crippen LogP contribution < -0.4 is 0 Å². The van der Waals surface area contributed by atoms with Crippen LogP contribution in [0.5, 0.6) is 0 Å². The number of benzene rings is 1. The third-order valence-corrected chi connectivity index (χ3v) is 2.23. The minimum Gasteiger partial charge on any atom is -0.461 e. The molecule has 0 aliphatic carbocycles. The van der Waals surface area contributed by atoms with Crippen LogP contribution >= 0.6 is 0 Å². The Morgan fingerprint density at radius 3 is 2.40 bits per heavy atom. The summed E-state index contributed by atoms with van der Waals surface area (Å²) in [5.41, 5.74) is -0.158. The Morgan fingerprint density at radius 1 is 1.25 bits per heavy atom. The minimum absolute atomic E-state index is 0.0333. The Morgan fingerprint density at radius 2 is 1.90 bits per heavy atom. The zero-order chi connectivity index (χ0) is 15.0. The number of nitro benzene ring substituents is 1. The summed E-state index contributed by atoms with van der Waals surface area (Å²) >= 11 is 0. The molecule has 0 bridgehead atoms. The van der Waals surface area contributed by atoms with Gasteiger partial charge in [-0.25, -0.2) is 0 Å². The molecule has 1 rings (SSSR count). The van der Waals surface area contributed by atoms with E-state index in [1.54, 1.807) is 0 Å². The minimum atomic E-state index is -2.03. The van der Waals surface area contributed by atoms with E-state index in [9.17, 15) is 18.9 Å². The first kappa shape index (κ1) is 16.0. The van der Waals surface area contributed by atoms with E-state index in [1.807, 2.05) is 0 Å². The third kappa shape index (κ3) is 4.90. The zero-order valence-corrected chi connectivity index (χ0v) is 10.7. The Kier molecular flexibility index (Phi) is 6.54. The van der Waals surface area contributed by atoms with Crippen molar-refractivity contribution < 1.29 is 27.9 Å². The number of hydrogen-bond acceptors (Lipinski definition) is 5. The zero-order valence-electron chi connectivity index (χ0n) is 10.7. The van der Waals surface area contributed by atoms with Crippen LogP contribution in [0.15, 0.2) is 30.3 Å². The topological polar surface area (TPSA) is 70.8 Å². The lowest BCUT2D eigenvalue weighted by atomic mass is 10.2. The summed E-state index contributed by atoms with van der Waals surface area (Å²) in [5, 5.41) is 10.5. The van der Waals surface area contributed by atoms with E-state index in [1.165, 1.54) is 19.2 Å². The number of non-ortho nitro benzene ring substituents is 1. The lowest BCUT2D eigenvalue weighted by Crippen LogP contribution is -2.06. The number of nitrogens with zero attached hydrogens (tertiary/aromatic N) is 1. The molecule has 0 saturated carbocycles. The molecule has 1 aromatic carbocycles. The van der Waals surface area contributed by atoms with Gasteiger partial charge >= 0.3 is 6.08 Å². The smallest absolute Gasteiger partial charge is 0.312 e. The highest BCUT2D eigenvalue weighted by Crippen LogP contribution is 2.24. The van der Waals surface area contributed by atoms with Gasteiger partial charge in [-0.1, -0.05) is 0 Å². The molecule has 0 saturated heterocycles. The molecule has 1 aromatic rings. The van der Waals surface area contributed by atoms with Crippen molar-refractivity contribution in [2.45, 2.75) is 0 Å². The average molecular weight is 289 g/mol. The van der Waals surface area contributed by atoms with E-state index >= 15 is 0 Å². The molecule has 0 atom stereocenters. The highest BCUT2D eigenvalue weighted by molar-refractivity contribution is 5.61. The van der Waals surface area contributed by atoms with Crippen LogP contribution in [0, 0.1) is 10.1 Å². The molecular formula is C12H13F2NO5. The molecule has 6 nitrogen and oxygen atoms in total. The summed E-state index contributed by atoms with van der Waals surface area (Å²) < 4.78 is 40.0. The number of hydrogen-bond donors (Lipinski definition) is 0. The molecule has 0 radical (unpaired) electrons. The van der Waals surface area contributed by atoms with E-state index in [4.69, 9.17) is 14.2 Å². The summed E-state index contributed by atoms with van der Waals surface area (Å²) in [6.07, 6.45) is -2.03. The van der Waals surface area contributed by atoms with Crippen LogP contribution in [0.1, 0.15) is 5.56 Å². The predicted molar refractivity (Wildman–Crippen MR) is 66.0 cm³/mol. The fourth-order valence-electron chi connectivity index (χ4n) is 1.28. The van der Waals surface area contributed by atoms with E-state index in [2.05, 4.69) is 0 Å². The second-order valence-electron chi connectivity index (χ2n) is 3.56. The van der Waals surface area contributed by atoms with E-state index in [0.29, 0.717) is 6.61 Å². The van der Waals surface area contributed by atoms with Crippen LogP contribution in [-0.4, -0.2) is 32.0 Å². The van der Waals surface area contributed by atoms with Crippen molar-refractivity contribution >= 4 is 11.4 Å². The SMILES string of the molecule is COCCOCOC(=C(F)F)c1ccc([N+](=O)[O-])cc1. The van der Waals surface area contributed by atoms with Crippen LogP contribution in [0.25, 0.3) is 5.76 Å². The molecule has 0 spiro atoms. The van der Waals surface area contributed by atoms with Gasteiger partial charge in [-0.05, 0) is 12.1 Å². The van der Waals surface area contributed by atoms with Crippen molar-refractivity contribution in [2.75, 3.05) is 27.1 Å². The van der Waals surface area contributed by atoms with E-state index in [-0.39, 0.29) is 24.7 Å². The van der Waals surface area contributed by atoms with Gasteiger partial charge < -0.3 is 14.2 Å². The number of ether oxygens (including phenoxy) is 3. The maximum Gasteiger partial charge on any atom is 0.312 e. The van der Waals surface area contributed by atoms with Gasteiger partial charge in [0.1, 0.15) is 0 Å². The summed E-state index contributed by atoms with van der Waals surface area (Å²) in [4.78, 5) is 9.85. The second-order valence-corrected chi connectivity index (χ2v) is 3.56. The van der Waals surface area contributed by atoms with Crippen molar-refractivity contribution in [3.05, 3.63) is 46.0 Å². The molecular weight excluding hydrogens is 276 g/mol. The van der Waals surface area contributed by atoms with Gasteiger partial charge in [0.05, 0.1) is 18.1 Å². The number of methoxy groups -OCH3 is 1. The largest absolute Gasteiger partial charge is 0.461 e. The maximum absolute atomic E-state index is 12.8. The van der Waals surface area contributed by atoms with Gasteiger partial charge in [-0.3, -0.25) is 10.1 Å². The van der Waals surface area contributed by atoms with Crippen molar-refractivity contribution in [1.82, 2.24) is 0 Å². The Hall–Kier alpha value is -2.06. The molecule has 0 amide bonds. The highest BCUT2D eigenvalue weighted by Gasteiger charge is 2.13. The number of rotatable bonds is 8. The van der Waals surface area contributed by atoms with Crippen LogP contribution in [0.4, 0.5) is 14.5 Å². The monoisotopic (exact) mass is 289 g/mol. The standard InChI is InChI=1S/C12H13F2NO5/c1-18-6-7-19-8-20-11(12(13)14)9-2-4-10(5-3-9)15(16)17/h2-5H,6-8H2,1H3. The van der Waals surface area contributed by atoms with E-state index in [0.717, 1.165) is 12.1 Å².